The lowest BCUT2D eigenvalue weighted by Crippen LogP contribution is -2.01. The number of halogens is 3. The maximum Gasteiger partial charge on any atom is 0.156 e. The number of aryl methyl sites for hydroxylation is 1. The van der Waals surface area contributed by atoms with Crippen LogP contribution in [0.3, 0.4) is 0 Å². The minimum atomic E-state index is 0.414. The third kappa shape index (κ3) is 4.85. The molecule has 0 unspecified atom stereocenters. The minimum Gasteiger partial charge on any atom is -0.486 e. The first-order valence-corrected chi connectivity index (χ1v) is 9.31. The number of hydrogen-bond donors (Lipinski definition) is 1. The number of hydrogen-bond acceptors (Lipinski definition) is 2. The standard InChI is InChI=1S/C21H18Cl3NO/c1-14-6-8-15(9-7-14)13-26-21-18(23)10-16(11-19(21)24)12-25-20-5-3-2-4-17(20)22/h2-11,25H,12-13H2,1H3. The first-order valence-electron chi connectivity index (χ1n) is 8.17. The van der Waals surface area contributed by atoms with E-state index in [1.165, 1.54) is 5.56 Å². The van der Waals surface area contributed by atoms with Gasteiger partial charge in [-0.2, -0.15) is 0 Å². The molecule has 0 saturated carbocycles. The predicted molar refractivity (Wildman–Crippen MR) is 111 cm³/mol. The van der Waals surface area contributed by atoms with Crippen LogP contribution in [0.5, 0.6) is 5.75 Å². The predicted octanol–water partition coefficient (Wildman–Crippen LogP) is 7.15. The van der Waals surface area contributed by atoms with Gasteiger partial charge in [-0.1, -0.05) is 76.8 Å². The van der Waals surface area contributed by atoms with Crippen molar-refractivity contribution in [2.45, 2.75) is 20.1 Å². The number of ether oxygens (including phenoxy) is 1. The monoisotopic (exact) mass is 405 g/mol. The van der Waals surface area contributed by atoms with Gasteiger partial charge in [-0.3, -0.25) is 0 Å². The van der Waals surface area contributed by atoms with Crippen LogP contribution in [0, 0.1) is 6.92 Å². The Balaban J connectivity index is 1.67. The summed E-state index contributed by atoms with van der Waals surface area (Å²) >= 11 is 18.9. The van der Waals surface area contributed by atoms with Crippen LogP contribution in [-0.2, 0) is 13.2 Å². The fraction of sp³-hybridized carbons (Fsp3) is 0.143. The molecular formula is C21H18Cl3NO. The number of nitrogens with one attached hydrogen (secondary N) is 1. The van der Waals surface area contributed by atoms with E-state index in [2.05, 4.69) is 5.32 Å². The third-order valence-electron chi connectivity index (χ3n) is 3.92. The molecular weight excluding hydrogens is 389 g/mol. The summed E-state index contributed by atoms with van der Waals surface area (Å²) in [5.41, 5.74) is 4.08. The molecule has 0 aliphatic rings. The molecule has 0 aliphatic heterocycles. The topological polar surface area (TPSA) is 21.3 Å². The van der Waals surface area contributed by atoms with E-state index in [-0.39, 0.29) is 0 Å². The Labute approximate surface area is 168 Å². The van der Waals surface area contributed by atoms with Crippen LogP contribution in [0.25, 0.3) is 0 Å². The number of anilines is 1. The highest BCUT2D eigenvalue weighted by Gasteiger charge is 2.11. The van der Waals surface area contributed by atoms with Crippen LogP contribution >= 0.6 is 34.8 Å². The quantitative estimate of drug-likeness (QED) is 0.469. The number of benzene rings is 3. The van der Waals surface area contributed by atoms with Gasteiger partial charge in [0.05, 0.1) is 20.8 Å². The van der Waals surface area contributed by atoms with Gasteiger partial charge in [0.1, 0.15) is 6.61 Å². The summed E-state index contributed by atoms with van der Waals surface area (Å²) < 4.78 is 5.82. The summed E-state index contributed by atoms with van der Waals surface area (Å²) in [5.74, 6) is 0.496. The fourth-order valence-corrected chi connectivity index (χ4v) is 3.34. The highest BCUT2D eigenvalue weighted by molar-refractivity contribution is 6.37. The zero-order chi connectivity index (χ0) is 18.5. The second-order valence-electron chi connectivity index (χ2n) is 6.00. The summed E-state index contributed by atoms with van der Waals surface area (Å²) in [5, 5.41) is 4.92. The van der Waals surface area contributed by atoms with Gasteiger partial charge in [-0.15, -0.1) is 0 Å². The van der Waals surface area contributed by atoms with Crippen molar-refractivity contribution in [2.24, 2.45) is 0 Å². The molecule has 3 rings (SSSR count). The normalized spacial score (nSPS) is 10.6. The Kier molecular flexibility index (Phi) is 6.31. The van der Waals surface area contributed by atoms with Crippen molar-refractivity contribution in [3.05, 3.63) is 92.4 Å². The second-order valence-corrected chi connectivity index (χ2v) is 7.22. The molecule has 0 aromatic heterocycles. The molecule has 134 valence electrons. The van der Waals surface area contributed by atoms with Gasteiger partial charge < -0.3 is 10.1 Å². The van der Waals surface area contributed by atoms with E-state index >= 15 is 0 Å². The molecule has 0 atom stereocenters. The Morgan fingerprint density at radius 2 is 1.46 bits per heavy atom. The molecule has 2 nitrogen and oxygen atoms in total. The van der Waals surface area contributed by atoms with Crippen LogP contribution in [0.4, 0.5) is 5.69 Å². The SMILES string of the molecule is Cc1ccc(COc2c(Cl)cc(CNc3ccccc3Cl)cc2Cl)cc1. The minimum absolute atomic E-state index is 0.414. The lowest BCUT2D eigenvalue weighted by atomic mass is 10.1. The average molecular weight is 407 g/mol. The van der Waals surface area contributed by atoms with Crippen molar-refractivity contribution in [2.75, 3.05) is 5.32 Å². The molecule has 5 heteroatoms. The van der Waals surface area contributed by atoms with Gasteiger partial charge in [0, 0.05) is 6.54 Å². The Morgan fingerprint density at radius 1 is 0.808 bits per heavy atom. The first kappa shape index (κ1) is 18.9. The largest absolute Gasteiger partial charge is 0.486 e. The summed E-state index contributed by atoms with van der Waals surface area (Å²) in [4.78, 5) is 0. The number of para-hydroxylation sites is 1. The molecule has 0 amide bonds. The zero-order valence-electron chi connectivity index (χ0n) is 14.2. The second kappa shape index (κ2) is 8.68. The molecule has 1 N–H and O–H groups in total. The highest BCUT2D eigenvalue weighted by Crippen LogP contribution is 2.35. The van der Waals surface area contributed by atoms with E-state index in [0.29, 0.717) is 34.0 Å². The lowest BCUT2D eigenvalue weighted by Gasteiger charge is -2.13. The van der Waals surface area contributed by atoms with Gasteiger partial charge in [-0.05, 0) is 42.3 Å². The van der Waals surface area contributed by atoms with Gasteiger partial charge >= 0.3 is 0 Å². The van der Waals surface area contributed by atoms with Gasteiger partial charge in [0.25, 0.3) is 0 Å². The molecule has 0 heterocycles. The van der Waals surface area contributed by atoms with E-state index in [4.69, 9.17) is 39.5 Å². The highest BCUT2D eigenvalue weighted by atomic mass is 35.5. The van der Waals surface area contributed by atoms with Crippen LogP contribution < -0.4 is 10.1 Å². The maximum absolute atomic E-state index is 6.38. The summed E-state index contributed by atoms with van der Waals surface area (Å²) in [6.07, 6.45) is 0. The molecule has 26 heavy (non-hydrogen) atoms. The molecule has 0 radical (unpaired) electrons. The van der Waals surface area contributed by atoms with Crippen molar-refractivity contribution >= 4 is 40.5 Å². The van der Waals surface area contributed by atoms with Crippen molar-refractivity contribution < 1.29 is 4.74 Å². The van der Waals surface area contributed by atoms with E-state index in [1.807, 2.05) is 67.6 Å². The average Bonchev–Trinajstić information content (AvgIpc) is 2.62. The maximum atomic E-state index is 6.38. The molecule has 0 spiro atoms. The number of rotatable bonds is 6. The van der Waals surface area contributed by atoms with Crippen LogP contribution in [0.15, 0.2) is 60.7 Å². The fourth-order valence-electron chi connectivity index (χ4n) is 2.49. The summed E-state index contributed by atoms with van der Waals surface area (Å²) in [7, 11) is 0. The van der Waals surface area contributed by atoms with Gasteiger partial charge in [0.2, 0.25) is 0 Å². The molecule has 0 saturated heterocycles. The Bertz CT molecular complexity index is 871. The summed E-state index contributed by atoms with van der Waals surface area (Å²) in [6, 6.07) is 19.4. The van der Waals surface area contributed by atoms with Crippen molar-refractivity contribution in [1.29, 1.82) is 0 Å². The molecule has 3 aromatic rings. The Morgan fingerprint density at radius 3 is 2.12 bits per heavy atom. The molecule has 0 aliphatic carbocycles. The lowest BCUT2D eigenvalue weighted by molar-refractivity contribution is 0.306. The summed E-state index contributed by atoms with van der Waals surface area (Å²) in [6.45, 7) is 3.02. The van der Waals surface area contributed by atoms with Crippen LogP contribution in [-0.4, -0.2) is 0 Å². The third-order valence-corrected chi connectivity index (χ3v) is 4.81. The van der Waals surface area contributed by atoms with Crippen LogP contribution in [0.2, 0.25) is 15.1 Å². The molecule has 0 bridgehead atoms. The van der Waals surface area contributed by atoms with E-state index in [9.17, 15) is 0 Å². The van der Waals surface area contributed by atoms with E-state index < -0.39 is 0 Å². The van der Waals surface area contributed by atoms with Gasteiger partial charge in [-0.25, -0.2) is 0 Å². The van der Waals surface area contributed by atoms with Crippen LogP contribution in [0.1, 0.15) is 16.7 Å². The van der Waals surface area contributed by atoms with E-state index in [0.717, 1.165) is 16.8 Å². The van der Waals surface area contributed by atoms with E-state index in [1.54, 1.807) is 0 Å². The molecule has 3 aromatic carbocycles. The van der Waals surface area contributed by atoms with Crippen molar-refractivity contribution in [1.82, 2.24) is 0 Å². The first-order chi connectivity index (χ1) is 12.5. The van der Waals surface area contributed by atoms with Crippen molar-refractivity contribution in [3.63, 3.8) is 0 Å². The zero-order valence-corrected chi connectivity index (χ0v) is 16.5. The molecule has 0 fully saturated rings. The van der Waals surface area contributed by atoms with Gasteiger partial charge in [0.15, 0.2) is 5.75 Å². The van der Waals surface area contributed by atoms with Crippen molar-refractivity contribution in [3.8, 4) is 5.75 Å². The Hall–Kier alpha value is -1.87. The smallest absolute Gasteiger partial charge is 0.156 e.